The Hall–Kier alpha value is -2.99. The normalized spacial score (nSPS) is 13.1. The van der Waals surface area contributed by atoms with Gasteiger partial charge in [-0.1, -0.05) is 48.5 Å². The molecule has 0 aliphatic carbocycles. The molecular formula is C21H23FN4O. The molecule has 0 fully saturated rings. The Morgan fingerprint density at radius 2 is 1.89 bits per heavy atom. The van der Waals surface area contributed by atoms with Crippen molar-refractivity contribution in [3.8, 4) is 0 Å². The van der Waals surface area contributed by atoms with E-state index in [0.717, 1.165) is 5.56 Å². The van der Waals surface area contributed by atoms with E-state index < -0.39 is 6.04 Å². The molecule has 2 atom stereocenters. The van der Waals surface area contributed by atoms with Crippen LogP contribution in [0.4, 0.5) is 4.39 Å². The Kier molecular flexibility index (Phi) is 6.33. The molecule has 0 radical (unpaired) electrons. The van der Waals surface area contributed by atoms with Gasteiger partial charge in [0.1, 0.15) is 5.82 Å². The van der Waals surface area contributed by atoms with E-state index in [2.05, 4.69) is 10.3 Å². The van der Waals surface area contributed by atoms with Crippen LogP contribution in [0, 0.1) is 5.82 Å². The molecular weight excluding hydrogens is 343 g/mol. The highest BCUT2D eigenvalue weighted by Crippen LogP contribution is 2.16. The van der Waals surface area contributed by atoms with E-state index in [1.165, 1.54) is 6.07 Å². The van der Waals surface area contributed by atoms with Crippen LogP contribution in [0.3, 0.4) is 0 Å². The highest BCUT2D eigenvalue weighted by atomic mass is 19.1. The Morgan fingerprint density at radius 3 is 2.59 bits per heavy atom. The molecule has 0 aliphatic rings. The molecule has 0 aliphatic heterocycles. The van der Waals surface area contributed by atoms with E-state index in [1.54, 1.807) is 30.7 Å². The fraction of sp³-hybridized carbons (Fsp3) is 0.238. The number of hydrogen-bond acceptors (Lipinski definition) is 3. The molecule has 1 unspecified atom stereocenters. The number of hydrogen-bond donors (Lipinski definition) is 2. The second-order valence-corrected chi connectivity index (χ2v) is 6.55. The van der Waals surface area contributed by atoms with Crippen molar-refractivity contribution < 1.29 is 9.18 Å². The van der Waals surface area contributed by atoms with E-state index in [4.69, 9.17) is 5.73 Å². The highest BCUT2D eigenvalue weighted by Gasteiger charge is 2.18. The summed E-state index contributed by atoms with van der Waals surface area (Å²) in [6.45, 7) is 0.568. The van der Waals surface area contributed by atoms with E-state index in [1.807, 2.05) is 41.1 Å². The first kappa shape index (κ1) is 18.8. The molecule has 0 saturated carbocycles. The summed E-state index contributed by atoms with van der Waals surface area (Å²) < 4.78 is 15.7. The molecule has 3 rings (SSSR count). The van der Waals surface area contributed by atoms with Crippen molar-refractivity contribution in [1.82, 2.24) is 14.9 Å². The van der Waals surface area contributed by atoms with Crippen LogP contribution in [0.25, 0.3) is 0 Å². The van der Waals surface area contributed by atoms with Crippen molar-refractivity contribution in [3.63, 3.8) is 0 Å². The maximum Gasteiger partial charge on any atom is 0.222 e. The third-order valence-corrected chi connectivity index (χ3v) is 4.38. The van der Waals surface area contributed by atoms with Crippen LogP contribution < -0.4 is 11.1 Å². The number of nitrogens with zero attached hydrogens (tertiary/aromatic N) is 2. The summed E-state index contributed by atoms with van der Waals surface area (Å²) in [5.74, 6) is -0.455. The van der Waals surface area contributed by atoms with Gasteiger partial charge in [-0.25, -0.2) is 9.37 Å². The lowest BCUT2D eigenvalue weighted by Crippen LogP contribution is -2.36. The first-order chi connectivity index (χ1) is 13.1. The maximum atomic E-state index is 13.8. The average molecular weight is 366 g/mol. The first-order valence-electron chi connectivity index (χ1n) is 8.91. The number of amides is 1. The quantitative estimate of drug-likeness (QED) is 0.644. The molecule has 2 aromatic carbocycles. The van der Waals surface area contributed by atoms with Crippen molar-refractivity contribution in [2.75, 3.05) is 0 Å². The third kappa shape index (κ3) is 5.49. The largest absolute Gasteiger partial charge is 0.347 e. The van der Waals surface area contributed by atoms with Gasteiger partial charge in [0.15, 0.2) is 0 Å². The molecule has 140 valence electrons. The fourth-order valence-corrected chi connectivity index (χ4v) is 3.04. The molecule has 6 heteroatoms. The third-order valence-electron chi connectivity index (χ3n) is 4.38. The van der Waals surface area contributed by atoms with E-state index in [9.17, 15) is 9.18 Å². The van der Waals surface area contributed by atoms with Gasteiger partial charge in [0, 0.05) is 31.4 Å². The minimum Gasteiger partial charge on any atom is -0.347 e. The molecule has 27 heavy (non-hydrogen) atoms. The van der Waals surface area contributed by atoms with E-state index >= 15 is 0 Å². The molecule has 5 nitrogen and oxygen atoms in total. The van der Waals surface area contributed by atoms with Crippen molar-refractivity contribution in [2.45, 2.75) is 31.5 Å². The second kappa shape index (κ2) is 9.09. The molecule has 1 aromatic heterocycles. The smallest absolute Gasteiger partial charge is 0.222 e. The summed E-state index contributed by atoms with van der Waals surface area (Å²) in [6.07, 6.45) is 5.71. The van der Waals surface area contributed by atoms with Crippen LogP contribution in [0.1, 0.15) is 23.6 Å². The number of imidazole rings is 1. The lowest BCUT2D eigenvalue weighted by molar-refractivity contribution is -0.122. The number of nitrogens with one attached hydrogen (secondary N) is 1. The summed E-state index contributed by atoms with van der Waals surface area (Å²) in [6, 6.07) is 15.6. The summed E-state index contributed by atoms with van der Waals surface area (Å²) in [7, 11) is 0. The van der Waals surface area contributed by atoms with Crippen LogP contribution in [-0.4, -0.2) is 21.5 Å². The van der Waals surface area contributed by atoms with Crippen molar-refractivity contribution in [3.05, 3.63) is 90.3 Å². The van der Waals surface area contributed by atoms with Crippen LogP contribution >= 0.6 is 0 Å². The minimum absolute atomic E-state index is 0.127. The Labute approximate surface area is 158 Å². The average Bonchev–Trinajstić information content (AvgIpc) is 3.17. The number of aromatic nitrogens is 2. The number of benzene rings is 2. The Balaban J connectivity index is 1.62. The molecule has 0 spiro atoms. The predicted octanol–water partition coefficient (Wildman–Crippen LogP) is 2.84. The maximum absolute atomic E-state index is 13.8. The zero-order valence-electron chi connectivity index (χ0n) is 15.0. The van der Waals surface area contributed by atoms with Gasteiger partial charge >= 0.3 is 0 Å². The monoisotopic (exact) mass is 366 g/mol. The van der Waals surface area contributed by atoms with Gasteiger partial charge in [-0.05, 0) is 23.6 Å². The van der Waals surface area contributed by atoms with Gasteiger partial charge in [-0.15, -0.1) is 0 Å². The predicted molar refractivity (Wildman–Crippen MR) is 102 cm³/mol. The van der Waals surface area contributed by atoms with Gasteiger partial charge in [-0.3, -0.25) is 4.79 Å². The lowest BCUT2D eigenvalue weighted by atomic mass is 10.0. The minimum atomic E-state index is -0.452. The molecule has 1 amide bonds. The van der Waals surface area contributed by atoms with Gasteiger partial charge in [0.05, 0.1) is 12.4 Å². The topological polar surface area (TPSA) is 72.9 Å². The number of halogens is 1. The molecule has 0 bridgehead atoms. The Bertz CT molecular complexity index is 852. The van der Waals surface area contributed by atoms with Crippen molar-refractivity contribution >= 4 is 5.91 Å². The SMILES string of the molecule is N[C@@H](CC(=O)NC(Cn1ccnc1)c1ccccc1)Cc1ccccc1F. The van der Waals surface area contributed by atoms with Gasteiger partial charge < -0.3 is 15.6 Å². The number of carbonyl (C=O) groups is 1. The Morgan fingerprint density at radius 1 is 1.15 bits per heavy atom. The summed E-state index contributed by atoms with van der Waals surface area (Å²) in [5.41, 5.74) is 7.61. The standard InChI is InChI=1S/C21H23FN4O/c22-19-9-5-4-8-17(19)12-18(23)13-21(27)25-20(14-26-11-10-24-15-26)16-6-2-1-3-7-16/h1-11,15,18,20H,12-14,23H2,(H,25,27)/t18-,20?/m1/s1. The number of rotatable bonds is 8. The van der Waals surface area contributed by atoms with Crippen LogP contribution in [0.15, 0.2) is 73.3 Å². The van der Waals surface area contributed by atoms with Crippen molar-refractivity contribution in [2.24, 2.45) is 5.73 Å². The zero-order chi connectivity index (χ0) is 19.1. The highest BCUT2D eigenvalue weighted by molar-refractivity contribution is 5.77. The van der Waals surface area contributed by atoms with Crippen LogP contribution in [0.2, 0.25) is 0 Å². The molecule has 3 N–H and O–H groups in total. The van der Waals surface area contributed by atoms with Crippen LogP contribution in [0.5, 0.6) is 0 Å². The summed E-state index contributed by atoms with van der Waals surface area (Å²) in [4.78, 5) is 16.6. The summed E-state index contributed by atoms with van der Waals surface area (Å²) >= 11 is 0. The summed E-state index contributed by atoms with van der Waals surface area (Å²) in [5, 5.41) is 3.04. The van der Waals surface area contributed by atoms with E-state index in [-0.39, 0.29) is 24.2 Å². The van der Waals surface area contributed by atoms with Crippen LogP contribution in [-0.2, 0) is 17.8 Å². The van der Waals surface area contributed by atoms with Gasteiger partial charge in [0.25, 0.3) is 0 Å². The zero-order valence-corrected chi connectivity index (χ0v) is 15.0. The first-order valence-corrected chi connectivity index (χ1v) is 8.91. The molecule has 3 aromatic rings. The molecule has 0 saturated heterocycles. The lowest BCUT2D eigenvalue weighted by Gasteiger charge is -2.21. The number of nitrogens with two attached hydrogens (primary N) is 1. The van der Waals surface area contributed by atoms with Crippen molar-refractivity contribution in [1.29, 1.82) is 0 Å². The van der Waals surface area contributed by atoms with Gasteiger partial charge in [0.2, 0.25) is 5.91 Å². The molecule has 1 heterocycles. The second-order valence-electron chi connectivity index (χ2n) is 6.55. The number of carbonyl (C=O) groups excluding carboxylic acids is 1. The fourth-order valence-electron chi connectivity index (χ4n) is 3.04. The van der Waals surface area contributed by atoms with Gasteiger partial charge in [-0.2, -0.15) is 0 Å². The van der Waals surface area contributed by atoms with E-state index in [0.29, 0.717) is 18.5 Å².